The van der Waals surface area contributed by atoms with Crippen LogP contribution in [0.3, 0.4) is 0 Å². The number of ether oxygens (including phenoxy) is 1. The van der Waals surface area contributed by atoms with Gasteiger partial charge in [-0.15, -0.1) is 0 Å². The van der Waals surface area contributed by atoms with Crippen molar-refractivity contribution in [2.24, 2.45) is 0 Å². The van der Waals surface area contributed by atoms with Crippen LogP contribution >= 0.6 is 0 Å². The molecule has 3 heteroatoms. The van der Waals surface area contributed by atoms with Gasteiger partial charge in [-0.1, -0.05) is 25.5 Å². The minimum atomic E-state index is -0.179. The van der Waals surface area contributed by atoms with E-state index in [1.165, 1.54) is 5.56 Å². The summed E-state index contributed by atoms with van der Waals surface area (Å²) in [6.45, 7) is 4.36. The number of carbonyl (C=O) groups is 1. The molecule has 1 aromatic carbocycles. The predicted molar refractivity (Wildman–Crippen MR) is 71.8 cm³/mol. The molecule has 0 bridgehead atoms. The summed E-state index contributed by atoms with van der Waals surface area (Å²) in [4.78, 5) is 10.9. The number of rotatable bonds is 4. The average molecular weight is 247 g/mol. The zero-order valence-corrected chi connectivity index (χ0v) is 11.3. The van der Waals surface area contributed by atoms with Crippen molar-refractivity contribution < 1.29 is 9.53 Å². The Hall–Kier alpha value is -1.51. The minimum Gasteiger partial charge on any atom is -0.497 e. The number of carbonyl (C=O) groups excluding carboxylic acids is 1. The molecule has 0 spiro atoms. The van der Waals surface area contributed by atoms with Crippen LogP contribution in [0.1, 0.15) is 38.7 Å². The van der Waals surface area contributed by atoms with Crippen LogP contribution in [0, 0.1) is 0 Å². The monoisotopic (exact) mass is 247 g/mol. The molecule has 1 saturated carbocycles. The van der Waals surface area contributed by atoms with Gasteiger partial charge in [0.05, 0.1) is 7.11 Å². The first-order chi connectivity index (χ1) is 8.55. The van der Waals surface area contributed by atoms with Gasteiger partial charge in [0.25, 0.3) is 0 Å². The molecule has 0 aromatic heterocycles. The molecule has 0 radical (unpaired) electrons. The Morgan fingerprint density at radius 3 is 2.78 bits per heavy atom. The van der Waals surface area contributed by atoms with Gasteiger partial charge >= 0.3 is 0 Å². The molecule has 1 aliphatic rings. The topological polar surface area (TPSA) is 38.3 Å². The van der Waals surface area contributed by atoms with Crippen molar-refractivity contribution in [2.75, 3.05) is 7.11 Å². The Morgan fingerprint density at radius 2 is 2.11 bits per heavy atom. The van der Waals surface area contributed by atoms with Crippen LogP contribution in [0.4, 0.5) is 0 Å². The van der Waals surface area contributed by atoms with Crippen molar-refractivity contribution in [3.05, 3.63) is 29.8 Å². The normalized spacial score (nSPS) is 31.1. The summed E-state index contributed by atoms with van der Waals surface area (Å²) < 4.78 is 5.30. The number of hydrogen-bond donors (Lipinski definition) is 1. The molecule has 1 N–H and O–H groups in total. The standard InChI is InChI=1S/C15H21NO2/c1-14(8-5-9-15(14,2)16-11-17)12-6-4-7-13(10-12)18-3/h4,6-7,10-11H,5,8-9H2,1-3H3,(H,16,17). The molecule has 0 saturated heterocycles. The zero-order chi connectivity index (χ0) is 13.2. The average Bonchev–Trinajstić information content (AvgIpc) is 2.67. The van der Waals surface area contributed by atoms with E-state index in [4.69, 9.17) is 4.74 Å². The second-order valence-corrected chi connectivity index (χ2v) is 5.51. The molecule has 1 amide bonds. The molecule has 1 aromatic rings. The molecule has 1 fully saturated rings. The summed E-state index contributed by atoms with van der Waals surface area (Å²) in [5.41, 5.74) is 1.01. The largest absolute Gasteiger partial charge is 0.497 e. The van der Waals surface area contributed by atoms with Crippen molar-refractivity contribution >= 4 is 6.41 Å². The molecule has 98 valence electrons. The van der Waals surface area contributed by atoms with Gasteiger partial charge in [0.2, 0.25) is 6.41 Å². The van der Waals surface area contributed by atoms with Crippen LogP contribution in [-0.4, -0.2) is 19.1 Å². The summed E-state index contributed by atoms with van der Waals surface area (Å²) in [7, 11) is 1.68. The number of amides is 1. The van der Waals surface area contributed by atoms with E-state index in [2.05, 4.69) is 31.3 Å². The van der Waals surface area contributed by atoms with Crippen LogP contribution in [0.5, 0.6) is 5.75 Å². The summed E-state index contributed by atoms with van der Waals surface area (Å²) in [5.74, 6) is 0.870. The third-order valence-electron chi connectivity index (χ3n) is 4.66. The van der Waals surface area contributed by atoms with E-state index >= 15 is 0 Å². The van der Waals surface area contributed by atoms with Crippen LogP contribution in [0.2, 0.25) is 0 Å². The Balaban J connectivity index is 2.42. The molecular formula is C15H21NO2. The third-order valence-corrected chi connectivity index (χ3v) is 4.66. The fraction of sp³-hybridized carbons (Fsp3) is 0.533. The highest BCUT2D eigenvalue weighted by Crippen LogP contribution is 2.48. The number of nitrogens with one attached hydrogen (secondary N) is 1. The second-order valence-electron chi connectivity index (χ2n) is 5.51. The van der Waals surface area contributed by atoms with E-state index in [1.807, 2.05) is 12.1 Å². The highest BCUT2D eigenvalue weighted by molar-refractivity contribution is 5.50. The zero-order valence-electron chi connectivity index (χ0n) is 11.3. The van der Waals surface area contributed by atoms with Crippen LogP contribution in [0.15, 0.2) is 24.3 Å². The van der Waals surface area contributed by atoms with E-state index in [-0.39, 0.29) is 11.0 Å². The lowest BCUT2D eigenvalue weighted by Crippen LogP contribution is -2.53. The van der Waals surface area contributed by atoms with Gasteiger partial charge in [-0.25, -0.2) is 0 Å². The van der Waals surface area contributed by atoms with Gasteiger partial charge in [-0.3, -0.25) is 4.79 Å². The van der Waals surface area contributed by atoms with Gasteiger partial charge in [0.1, 0.15) is 5.75 Å². The fourth-order valence-corrected chi connectivity index (χ4v) is 3.14. The van der Waals surface area contributed by atoms with Crippen LogP contribution in [-0.2, 0) is 10.2 Å². The van der Waals surface area contributed by atoms with E-state index in [9.17, 15) is 4.79 Å². The first-order valence-electron chi connectivity index (χ1n) is 6.42. The van der Waals surface area contributed by atoms with Gasteiger partial charge < -0.3 is 10.1 Å². The van der Waals surface area contributed by atoms with Crippen LogP contribution < -0.4 is 10.1 Å². The maximum atomic E-state index is 10.9. The fourth-order valence-electron chi connectivity index (χ4n) is 3.14. The number of hydrogen-bond acceptors (Lipinski definition) is 2. The van der Waals surface area contributed by atoms with Crippen LogP contribution in [0.25, 0.3) is 0 Å². The molecule has 3 nitrogen and oxygen atoms in total. The summed E-state index contributed by atoms with van der Waals surface area (Å²) in [6, 6.07) is 8.17. The Morgan fingerprint density at radius 1 is 1.33 bits per heavy atom. The Kier molecular flexibility index (Phi) is 3.33. The van der Waals surface area contributed by atoms with Crippen molar-refractivity contribution in [2.45, 2.75) is 44.1 Å². The molecular weight excluding hydrogens is 226 g/mol. The molecule has 2 rings (SSSR count). The first-order valence-corrected chi connectivity index (χ1v) is 6.42. The first kappa shape index (κ1) is 12.9. The minimum absolute atomic E-state index is 0.0392. The van der Waals surface area contributed by atoms with Gasteiger partial charge in [-0.2, -0.15) is 0 Å². The summed E-state index contributed by atoms with van der Waals surface area (Å²) >= 11 is 0. The molecule has 0 heterocycles. The molecule has 0 aliphatic heterocycles. The SMILES string of the molecule is COc1cccc(C2(C)CCCC2(C)NC=O)c1. The van der Waals surface area contributed by atoms with Crippen molar-refractivity contribution in [3.8, 4) is 5.75 Å². The third kappa shape index (κ3) is 1.88. The maximum Gasteiger partial charge on any atom is 0.207 e. The quantitative estimate of drug-likeness (QED) is 0.831. The van der Waals surface area contributed by atoms with Gasteiger partial charge in [0, 0.05) is 11.0 Å². The Bertz CT molecular complexity index is 446. The van der Waals surface area contributed by atoms with Crippen molar-refractivity contribution in [1.29, 1.82) is 0 Å². The number of methoxy groups -OCH3 is 1. The Labute approximate surface area is 109 Å². The molecule has 1 aliphatic carbocycles. The molecule has 2 unspecified atom stereocenters. The van der Waals surface area contributed by atoms with Gasteiger partial charge in [0.15, 0.2) is 0 Å². The smallest absolute Gasteiger partial charge is 0.207 e. The highest BCUT2D eigenvalue weighted by atomic mass is 16.5. The predicted octanol–water partition coefficient (Wildman–Crippen LogP) is 2.64. The second kappa shape index (κ2) is 4.63. The summed E-state index contributed by atoms with van der Waals surface area (Å²) in [6.07, 6.45) is 4.05. The maximum absolute atomic E-state index is 10.9. The number of benzene rings is 1. The van der Waals surface area contributed by atoms with E-state index < -0.39 is 0 Å². The van der Waals surface area contributed by atoms with E-state index in [0.717, 1.165) is 31.4 Å². The van der Waals surface area contributed by atoms with E-state index in [1.54, 1.807) is 7.11 Å². The van der Waals surface area contributed by atoms with E-state index in [0.29, 0.717) is 0 Å². The molecule has 2 atom stereocenters. The summed E-state index contributed by atoms with van der Waals surface area (Å²) in [5, 5.41) is 3.03. The molecule has 18 heavy (non-hydrogen) atoms. The van der Waals surface area contributed by atoms with Gasteiger partial charge in [-0.05, 0) is 37.5 Å². The lowest BCUT2D eigenvalue weighted by molar-refractivity contribution is -0.111. The highest BCUT2D eigenvalue weighted by Gasteiger charge is 2.49. The van der Waals surface area contributed by atoms with Crippen molar-refractivity contribution in [1.82, 2.24) is 5.32 Å². The lowest BCUT2D eigenvalue weighted by Gasteiger charge is -2.41. The lowest BCUT2D eigenvalue weighted by atomic mass is 9.69. The van der Waals surface area contributed by atoms with Crippen molar-refractivity contribution in [3.63, 3.8) is 0 Å².